The molecule has 0 spiro atoms. The number of hydrogen-bond acceptors (Lipinski definition) is 3. The SMILES string of the molecule is CCC1(OC(=O)CC(O)C2CC3C=CC2C3)CC2CCC1C2. The number of esters is 1. The third-order valence-electron chi connectivity index (χ3n) is 7.04. The Morgan fingerprint density at radius 2 is 2.18 bits per heavy atom. The molecule has 0 aromatic rings. The van der Waals surface area contributed by atoms with Gasteiger partial charge < -0.3 is 9.84 Å². The van der Waals surface area contributed by atoms with Gasteiger partial charge in [-0.15, -0.1) is 0 Å². The molecule has 3 heteroatoms. The van der Waals surface area contributed by atoms with Gasteiger partial charge in [0.1, 0.15) is 5.60 Å². The molecular weight excluding hydrogens is 276 g/mol. The first-order valence-corrected chi connectivity index (χ1v) is 9.18. The number of allylic oxidation sites excluding steroid dienone is 2. The maximum Gasteiger partial charge on any atom is 0.308 e. The van der Waals surface area contributed by atoms with Gasteiger partial charge in [0, 0.05) is 0 Å². The molecule has 4 bridgehead atoms. The fraction of sp³-hybridized carbons (Fsp3) is 0.842. The normalized spacial score (nSPS) is 46.4. The first-order valence-electron chi connectivity index (χ1n) is 9.18. The van der Waals surface area contributed by atoms with E-state index in [0.717, 1.165) is 25.2 Å². The minimum Gasteiger partial charge on any atom is -0.459 e. The second-order valence-electron chi connectivity index (χ2n) is 8.19. The van der Waals surface area contributed by atoms with Crippen molar-refractivity contribution in [3.05, 3.63) is 12.2 Å². The van der Waals surface area contributed by atoms with E-state index in [9.17, 15) is 9.90 Å². The Morgan fingerprint density at radius 1 is 1.32 bits per heavy atom. The van der Waals surface area contributed by atoms with E-state index in [-0.39, 0.29) is 23.9 Å². The summed E-state index contributed by atoms with van der Waals surface area (Å²) >= 11 is 0. The number of fused-ring (bicyclic) bond motifs is 4. The third-order valence-corrected chi connectivity index (χ3v) is 7.04. The Kier molecular flexibility index (Phi) is 3.60. The number of rotatable bonds is 5. The second-order valence-corrected chi connectivity index (χ2v) is 8.19. The summed E-state index contributed by atoms with van der Waals surface area (Å²) in [6.45, 7) is 2.14. The molecular formula is C19H28O3. The Balaban J connectivity index is 1.35. The molecule has 4 aliphatic rings. The van der Waals surface area contributed by atoms with E-state index in [1.165, 1.54) is 25.7 Å². The molecule has 1 N–H and O–H groups in total. The van der Waals surface area contributed by atoms with E-state index in [4.69, 9.17) is 4.74 Å². The molecule has 0 amide bonds. The average molecular weight is 304 g/mol. The van der Waals surface area contributed by atoms with Crippen molar-refractivity contribution < 1.29 is 14.6 Å². The van der Waals surface area contributed by atoms with Gasteiger partial charge in [-0.05, 0) is 74.5 Å². The van der Waals surface area contributed by atoms with Crippen LogP contribution in [0.15, 0.2) is 12.2 Å². The van der Waals surface area contributed by atoms with E-state index in [0.29, 0.717) is 17.8 Å². The standard InChI is InChI=1S/C19H28O3/c1-2-19(11-13-4-6-15(19)8-13)22-18(21)10-17(20)16-9-12-3-5-14(16)7-12/h3,5,12-17,20H,2,4,6-11H2,1H3. The minimum atomic E-state index is -0.528. The molecule has 4 rings (SSSR count). The number of hydrogen-bond donors (Lipinski definition) is 1. The number of aliphatic hydroxyl groups excluding tert-OH is 1. The zero-order valence-corrected chi connectivity index (χ0v) is 13.5. The average Bonchev–Trinajstić information content (AvgIpc) is 3.26. The largest absolute Gasteiger partial charge is 0.459 e. The predicted molar refractivity (Wildman–Crippen MR) is 84.0 cm³/mol. The molecule has 22 heavy (non-hydrogen) atoms. The Hall–Kier alpha value is -0.830. The molecule has 0 aromatic carbocycles. The highest BCUT2D eigenvalue weighted by Crippen LogP contribution is 2.54. The van der Waals surface area contributed by atoms with Crippen LogP contribution in [0, 0.1) is 29.6 Å². The van der Waals surface area contributed by atoms with Crippen LogP contribution < -0.4 is 0 Å². The maximum absolute atomic E-state index is 12.4. The van der Waals surface area contributed by atoms with Crippen molar-refractivity contribution >= 4 is 5.97 Å². The number of ether oxygens (including phenoxy) is 1. The fourth-order valence-corrected chi connectivity index (χ4v) is 5.88. The van der Waals surface area contributed by atoms with Crippen LogP contribution in [0.1, 0.15) is 58.3 Å². The van der Waals surface area contributed by atoms with Gasteiger partial charge in [-0.25, -0.2) is 0 Å². The first-order chi connectivity index (χ1) is 10.6. The second kappa shape index (κ2) is 5.36. The van der Waals surface area contributed by atoms with Crippen molar-refractivity contribution in [1.82, 2.24) is 0 Å². The summed E-state index contributed by atoms with van der Waals surface area (Å²) in [5.74, 6) is 2.53. The van der Waals surface area contributed by atoms with Gasteiger partial charge in [0.05, 0.1) is 12.5 Å². The summed E-state index contributed by atoms with van der Waals surface area (Å²) in [6.07, 6.45) is 12.1. The molecule has 0 heterocycles. The van der Waals surface area contributed by atoms with Crippen LogP contribution in [-0.4, -0.2) is 22.8 Å². The van der Waals surface area contributed by atoms with Gasteiger partial charge in [-0.3, -0.25) is 4.79 Å². The van der Waals surface area contributed by atoms with Crippen LogP contribution in [-0.2, 0) is 9.53 Å². The molecule has 3 saturated carbocycles. The van der Waals surface area contributed by atoms with Crippen LogP contribution in [0.2, 0.25) is 0 Å². The molecule has 3 fully saturated rings. The quantitative estimate of drug-likeness (QED) is 0.625. The van der Waals surface area contributed by atoms with E-state index in [1.807, 2.05) is 0 Å². The van der Waals surface area contributed by atoms with Gasteiger partial charge in [0.2, 0.25) is 0 Å². The van der Waals surface area contributed by atoms with Crippen molar-refractivity contribution in [2.75, 3.05) is 0 Å². The summed E-state index contributed by atoms with van der Waals surface area (Å²) in [7, 11) is 0. The first kappa shape index (κ1) is 14.7. The third kappa shape index (κ3) is 2.33. The summed E-state index contributed by atoms with van der Waals surface area (Å²) < 4.78 is 5.98. The predicted octanol–water partition coefficient (Wildman–Crippen LogP) is 3.46. The van der Waals surface area contributed by atoms with Crippen molar-refractivity contribution in [2.45, 2.75) is 70.0 Å². The molecule has 4 aliphatic carbocycles. The monoisotopic (exact) mass is 304 g/mol. The van der Waals surface area contributed by atoms with E-state index < -0.39 is 6.10 Å². The van der Waals surface area contributed by atoms with Gasteiger partial charge in [-0.2, -0.15) is 0 Å². The fourth-order valence-electron chi connectivity index (χ4n) is 5.88. The lowest BCUT2D eigenvalue weighted by atomic mass is 9.82. The lowest BCUT2D eigenvalue weighted by molar-refractivity contribution is -0.169. The number of carbonyl (C=O) groups excluding carboxylic acids is 1. The summed E-state index contributed by atoms with van der Waals surface area (Å²) in [5, 5.41) is 10.5. The lowest BCUT2D eigenvalue weighted by Gasteiger charge is -2.37. The molecule has 7 atom stereocenters. The highest BCUT2D eigenvalue weighted by Gasteiger charge is 2.52. The van der Waals surface area contributed by atoms with Crippen LogP contribution in [0.4, 0.5) is 0 Å². The zero-order valence-electron chi connectivity index (χ0n) is 13.5. The van der Waals surface area contributed by atoms with E-state index >= 15 is 0 Å². The summed E-state index contributed by atoms with van der Waals surface area (Å²) in [4.78, 5) is 12.4. The van der Waals surface area contributed by atoms with Crippen LogP contribution >= 0.6 is 0 Å². The highest BCUT2D eigenvalue weighted by molar-refractivity contribution is 5.70. The Morgan fingerprint density at radius 3 is 2.73 bits per heavy atom. The summed E-state index contributed by atoms with van der Waals surface area (Å²) in [6, 6.07) is 0. The Bertz CT molecular complexity index is 485. The Labute approximate surface area is 133 Å². The lowest BCUT2D eigenvalue weighted by Crippen LogP contribution is -2.41. The van der Waals surface area contributed by atoms with Gasteiger partial charge >= 0.3 is 5.97 Å². The van der Waals surface area contributed by atoms with Crippen molar-refractivity contribution in [3.8, 4) is 0 Å². The van der Waals surface area contributed by atoms with Gasteiger partial charge in [-0.1, -0.05) is 19.1 Å². The van der Waals surface area contributed by atoms with Crippen LogP contribution in [0.3, 0.4) is 0 Å². The molecule has 7 unspecified atom stereocenters. The summed E-state index contributed by atoms with van der Waals surface area (Å²) in [5.41, 5.74) is -0.214. The maximum atomic E-state index is 12.4. The molecule has 0 radical (unpaired) electrons. The van der Waals surface area contributed by atoms with Gasteiger partial charge in [0.25, 0.3) is 0 Å². The topological polar surface area (TPSA) is 46.5 Å². The van der Waals surface area contributed by atoms with Crippen molar-refractivity contribution in [1.29, 1.82) is 0 Å². The zero-order chi connectivity index (χ0) is 15.3. The molecule has 122 valence electrons. The number of aliphatic hydroxyl groups is 1. The van der Waals surface area contributed by atoms with Crippen LogP contribution in [0.25, 0.3) is 0 Å². The molecule has 0 aromatic heterocycles. The van der Waals surface area contributed by atoms with Crippen molar-refractivity contribution in [3.63, 3.8) is 0 Å². The minimum absolute atomic E-state index is 0.173. The van der Waals surface area contributed by atoms with E-state index in [2.05, 4.69) is 19.1 Å². The smallest absolute Gasteiger partial charge is 0.308 e. The van der Waals surface area contributed by atoms with Gasteiger partial charge in [0.15, 0.2) is 0 Å². The van der Waals surface area contributed by atoms with Crippen molar-refractivity contribution in [2.24, 2.45) is 29.6 Å². The molecule has 3 nitrogen and oxygen atoms in total. The van der Waals surface area contributed by atoms with Crippen LogP contribution in [0.5, 0.6) is 0 Å². The molecule has 0 saturated heterocycles. The molecule has 0 aliphatic heterocycles. The van der Waals surface area contributed by atoms with E-state index in [1.54, 1.807) is 0 Å². The number of carbonyl (C=O) groups is 1. The highest BCUT2D eigenvalue weighted by atomic mass is 16.6.